The monoisotopic (exact) mass is 355 g/mol. The van der Waals surface area contributed by atoms with Crippen LogP contribution in [-0.2, 0) is 0 Å². The van der Waals surface area contributed by atoms with Crippen molar-refractivity contribution in [3.05, 3.63) is 44.9 Å². The van der Waals surface area contributed by atoms with Crippen LogP contribution in [0.2, 0.25) is 5.02 Å². The largest absolute Gasteiger partial charge is 0.307 e. The number of allylic oxidation sites excluding steroid dienone is 1. The number of nitrogens with one attached hydrogen (secondary N) is 1. The van der Waals surface area contributed by atoms with E-state index in [0.29, 0.717) is 6.04 Å². The fourth-order valence-electron chi connectivity index (χ4n) is 2.84. The first-order valence-electron chi connectivity index (χ1n) is 7.59. The number of hydrogen-bond acceptors (Lipinski definition) is 1. The molecule has 0 fully saturated rings. The van der Waals surface area contributed by atoms with E-state index in [4.69, 9.17) is 11.6 Å². The SMILES string of the molecule is CCNC(/C1=C/CCCCCC1)c1ccc(Cl)c(Br)c1. The minimum Gasteiger partial charge on any atom is -0.307 e. The van der Waals surface area contributed by atoms with E-state index in [0.717, 1.165) is 16.0 Å². The molecule has 1 atom stereocenters. The highest BCUT2D eigenvalue weighted by Crippen LogP contribution is 2.32. The van der Waals surface area contributed by atoms with Gasteiger partial charge in [-0.05, 0) is 65.9 Å². The van der Waals surface area contributed by atoms with Gasteiger partial charge in [-0.3, -0.25) is 0 Å². The first-order valence-corrected chi connectivity index (χ1v) is 8.76. The molecule has 1 nitrogen and oxygen atoms in total. The molecule has 0 bridgehead atoms. The molecule has 1 aliphatic rings. The Balaban J connectivity index is 2.26. The lowest BCUT2D eigenvalue weighted by Crippen LogP contribution is -2.23. The molecule has 110 valence electrons. The Labute approximate surface area is 135 Å². The van der Waals surface area contributed by atoms with Crippen molar-refractivity contribution in [2.24, 2.45) is 0 Å². The molecule has 0 radical (unpaired) electrons. The van der Waals surface area contributed by atoms with Crippen LogP contribution in [0.1, 0.15) is 57.1 Å². The Morgan fingerprint density at radius 1 is 1.25 bits per heavy atom. The molecule has 20 heavy (non-hydrogen) atoms. The quantitative estimate of drug-likeness (QED) is 0.649. The van der Waals surface area contributed by atoms with Crippen molar-refractivity contribution in [2.75, 3.05) is 6.54 Å². The van der Waals surface area contributed by atoms with Crippen molar-refractivity contribution in [1.29, 1.82) is 0 Å². The van der Waals surface area contributed by atoms with E-state index in [9.17, 15) is 0 Å². The van der Waals surface area contributed by atoms with Crippen LogP contribution < -0.4 is 5.32 Å². The Morgan fingerprint density at radius 3 is 2.80 bits per heavy atom. The van der Waals surface area contributed by atoms with Gasteiger partial charge in [-0.2, -0.15) is 0 Å². The van der Waals surface area contributed by atoms with E-state index in [1.165, 1.54) is 44.1 Å². The highest BCUT2D eigenvalue weighted by Gasteiger charge is 2.17. The highest BCUT2D eigenvalue weighted by atomic mass is 79.9. The van der Waals surface area contributed by atoms with E-state index in [2.05, 4.69) is 46.4 Å². The van der Waals surface area contributed by atoms with E-state index < -0.39 is 0 Å². The summed E-state index contributed by atoms with van der Waals surface area (Å²) in [6, 6.07) is 6.59. The maximum absolute atomic E-state index is 6.11. The van der Waals surface area contributed by atoms with E-state index in [-0.39, 0.29) is 0 Å². The molecule has 0 aliphatic heterocycles. The van der Waals surface area contributed by atoms with E-state index >= 15 is 0 Å². The summed E-state index contributed by atoms with van der Waals surface area (Å²) in [5.74, 6) is 0. The predicted octanol–water partition coefficient (Wildman–Crippen LogP) is 6.03. The molecular weight excluding hydrogens is 334 g/mol. The molecule has 1 N–H and O–H groups in total. The summed E-state index contributed by atoms with van der Waals surface area (Å²) >= 11 is 9.65. The van der Waals surface area contributed by atoms with E-state index in [1.54, 1.807) is 5.57 Å². The maximum Gasteiger partial charge on any atom is 0.0548 e. The van der Waals surface area contributed by atoms with Gasteiger partial charge in [-0.15, -0.1) is 0 Å². The molecule has 0 aromatic heterocycles. The molecule has 1 unspecified atom stereocenters. The van der Waals surface area contributed by atoms with Gasteiger partial charge in [-0.25, -0.2) is 0 Å². The van der Waals surface area contributed by atoms with Gasteiger partial charge >= 0.3 is 0 Å². The zero-order valence-electron chi connectivity index (χ0n) is 12.1. The van der Waals surface area contributed by atoms with Gasteiger partial charge in [0.15, 0.2) is 0 Å². The van der Waals surface area contributed by atoms with Gasteiger partial charge < -0.3 is 5.32 Å². The third-order valence-corrected chi connectivity index (χ3v) is 5.10. The van der Waals surface area contributed by atoms with Crippen molar-refractivity contribution in [1.82, 2.24) is 5.32 Å². The second-order valence-electron chi connectivity index (χ2n) is 5.40. The van der Waals surface area contributed by atoms with Crippen molar-refractivity contribution < 1.29 is 0 Å². The summed E-state index contributed by atoms with van der Waals surface area (Å²) in [7, 11) is 0. The number of halogens is 2. The van der Waals surface area contributed by atoms with Crippen LogP contribution in [0.4, 0.5) is 0 Å². The second kappa shape index (κ2) is 8.21. The van der Waals surface area contributed by atoms with Crippen LogP contribution in [0.5, 0.6) is 0 Å². The number of benzene rings is 1. The lowest BCUT2D eigenvalue weighted by Gasteiger charge is -2.24. The average Bonchev–Trinajstić information content (AvgIpc) is 2.40. The van der Waals surface area contributed by atoms with Gasteiger partial charge in [0.2, 0.25) is 0 Å². The van der Waals surface area contributed by atoms with Crippen LogP contribution in [0, 0.1) is 0 Å². The molecule has 1 aliphatic carbocycles. The minimum absolute atomic E-state index is 0.326. The summed E-state index contributed by atoms with van der Waals surface area (Å²) in [4.78, 5) is 0. The van der Waals surface area contributed by atoms with Crippen molar-refractivity contribution in [3.63, 3.8) is 0 Å². The Hall–Kier alpha value is -0.310. The van der Waals surface area contributed by atoms with Crippen LogP contribution in [-0.4, -0.2) is 6.54 Å². The number of hydrogen-bond donors (Lipinski definition) is 1. The van der Waals surface area contributed by atoms with Gasteiger partial charge in [0.1, 0.15) is 0 Å². The molecule has 0 saturated carbocycles. The fraction of sp³-hybridized carbons (Fsp3) is 0.529. The zero-order valence-corrected chi connectivity index (χ0v) is 14.4. The van der Waals surface area contributed by atoms with Gasteiger partial charge in [0.25, 0.3) is 0 Å². The molecular formula is C17H23BrClN. The molecule has 0 amide bonds. The summed E-state index contributed by atoms with van der Waals surface area (Å²) in [6.07, 6.45) is 10.2. The van der Waals surface area contributed by atoms with Crippen molar-refractivity contribution >= 4 is 27.5 Å². The summed E-state index contributed by atoms with van der Waals surface area (Å²) in [5.41, 5.74) is 2.84. The molecule has 0 spiro atoms. The van der Waals surface area contributed by atoms with Crippen molar-refractivity contribution in [2.45, 2.75) is 51.5 Å². The zero-order chi connectivity index (χ0) is 14.4. The van der Waals surface area contributed by atoms with Crippen LogP contribution >= 0.6 is 27.5 Å². The third-order valence-electron chi connectivity index (χ3n) is 3.88. The number of likely N-dealkylation sites (N-methyl/N-ethyl adjacent to an activating group) is 1. The Bertz CT molecular complexity index is 470. The molecule has 2 rings (SSSR count). The fourth-order valence-corrected chi connectivity index (χ4v) is 3.35. The lowest BCUT2D eigenvalue weighted by molar-refractivity contribution is 0.554. The van der Waals surface area contributed by atoms with Crippen LogP contribution in [0.25, 0.3) is 0 Å². The summed E-state index contributed by atoms with van der Waals surface area (Å²) < 4.78 is 0.978. The second-order valence-corrected chi connectivity index (χ2v) is 6.66. The first-order chi connectivity index (χ1) is 9.72. The van der Waals surface area contributed by atoms with E-state index in [1.807, 2.05) is 6.07 Å². The minimum atomic E-state index is 0.326. The normalized spacial score (nSPS) is 20.6. The topological polar surface area (TPSA) is 12.0 Å². The molecule has 0 heterocycles. The first kappa shape index (κ1) is 16.1. The van der Waals surface area contributed by atoms with Crippen molar-refractivity contribution in [3.8, 4) is 0 Å². The third kappa shape index (κ3) is 4.34. The van der Waals surface area contributed by atoms with Gasteiger partial charge in [0.05, 0.1) is 11.1 Å². The van der Waals surface area contributed by atoms with Gasteiger partial charge in [-0.1, -0.05) is 49.1 Å². The van der Waals surface area contributed by atoms with Crippen LogP contribution in [0.3, 0.4) is 0 Å². The maximum atomic E-state index is 6.11. The number of rotatable bonds is 4. The Morgan fingerprint density at radius 2 is 2.05 bits per heavy atom. The molecule has 3 heteroatoms. The standard InChI is InChI=1S/C17H23BrClN/c1-2-20-17(13-8-6-4-3-5-7-9-13)14-10-11-16(19)15(18)12-14/h8,10-12,17,20H,2-7,9H2,1H3/b13-8+. The lowest BCUT2D eigenvalue weighted by atomic mass is 9.91. The smallest absolute Gasteiger partial charge is 0.0548 e. The predicted molar refractivity (Wildman–Crippen MR) is 91.4 cm³/mol. The van der Waals surface area contributed by atoms with Crippen LogP contribution in [0.15, 0.2) is 34.3 Å². The summed E-state index contributed by atoms with van der Waals surface area (Å²) in [6.45, 7) is 3.14. The molecule has 1 aromatic rings. The molecule has 0 saturated heterocycles. The summed E-state index contributed by atoms with van der Waals surface area (Å²) in [5, 5.41) is 4.41. The van der Waals surface area contributed by atoms with Gasteiger partial charge in [0, 0.05) is 4.47 Å². The highest BCUT2D eigenvalue weighted by molar-refractivity contribution is 9.10. The molecule has 1 aromatic carbocycles. The average molecular weight is 357 g/mol. The Kier molecular flexibility index (Phi) is 6.60.